The molecule has 0 spiro atoms. The number of benzene rings is 4. The minimum absolute atomic E-state index is 0.230. The number of rotatable bonds is 5. The number of carbonyl (C=O) groups is 1. The highest BCUT2D eigenvalue weighted by Gasteiger charge is 2.19. The summed E-state index contributed by atoms with van der Waals surface area (Å²) in [6.45, 7) is 6.36. The van der Waals surface area contributed by atoms with Crippen molar-refractivity contribution in [3.05, 3.63) is 114 Å². The first-order chi connectivity index (χ1) is 16.5. The number of carbonyl (C=O) groups excluding carboxylic acids is 1. The molecule has 4 nitrogen and oxygen atoms in total. The van der Waals surface area contributed by atoms with E-state index in [1.807, 2.05) is 71.4 Å². The standard InChI is InChI=1S/C30H27N3O/c1-20(2)22-15-17-24(18-16-22)31-30(34)27-19-29(33(32-27)28-14-7-4-9-21(28)3)26-13-8-11-23-10-5-6-12-25(23)26/h4-20H,1-3H3,(H,31,34). The van der Waals surface area contributed by atoms with Gasteiger partial charge in [-0.2, -0.15) is 5.10 Å². The number of nitrogens with one attached hydrogen (secondary N) is 1. The molecule has 0 fully saturated rings. The zero-order valence-electron chi connectivity index (χ0n) is 19.6. The van der Waals surface area contributed by atoms with E-state index in [2.05, 4.69) is 56.4 Å². The average Bonchev–Trinajstić information content (AvgIpc) is 3.29. The second-order valence-corrected chi connectivity index (χ2v) is 8.87. The van der Waals surface area contributed by atoms with E-state index in [0.29, 0.717) is 11.6 Å². The molecule has 1 aromatic heterocycles. The van der Waals surface area contributed by atoms with Gasteiger partial charge in [-0.15, -0.1) is 0 Å². The molecule has 0 aliphatic carbocycles. The summed E-state index contributed by atoms with van der Waals surface area (Å²) in [6, 6.07) is 32.5. The van der Waals surface area contributed by atoms with Gasteiger partial charge in [-0.25, -0.2) is 4.68 Å². The summed E-state index contributed by atoms with van der Waals surface area (Å²) in [5.74, 6) is 0.212. The Morgan fingerprint density at radius 3 is 2.32 bits per heavy atom. The highest BCUT2D eigenvalue weighted by Crippen LogP contribution is 2.32. The number of aryl methyl sites for hydroxylation is 1. The summed E-state index contributed by atoms with van der Waals surface area (Å²) in [5.41, 5.74) is 6.32. The monoisotopic (exact) mass is 445 g/mol. The Balaban J connectivity index is 1.60. The lowest BCUT2D eigenvalue weighted by atomic mass is 10.0. The van der Waals surface area contributed by atoms with Crippen LogP contribution in [0.2, 0.25) is 0 Å². The molecule has 0 saturated heterocycles. The third-order valence-corrected chi connectivity index (χ3v) is 6.19. The summed E-state index contributed by atoms with van der Waals surface area (Å²) in [5, 5.41) is 10.0. The molecule has 34 heavy (non-hydrogen) atoms. The second-order valence-electron chi connectivity index (χ2n) is 8.87. The zero-order valence-corrected chi connectivity index (χ0v) is 19.6. The zero-order chi connectivity index (χ0) is 23.7. The van der Waals surface area contributed by atoms with E-state index in [4.69, 9.17) is 5.10 Å². The van der Waals surface area contributed by atoms with Gasteiger partial charge in [-0.05, 0) is 59.0 Å². The van der Waals surface area contributed by atoms with Crippen molar-refractivity contribution in [3.63, 3.8) is 0 Å². The van der Waals surface area contributed by atoms with Crippen LogP contribution in [-0.2, 0) is 0 Å². The maximum Gasteiger partial charge on any atom is 0.276 e. The Morgan fingerprint density at radius 2 is 1.56 bits per heavy atom. The smallest absolute Gasteiger partial charge is 0.276 e. The first-order valence-corrected chi connectivity index (χ1v) is 11.6. The molecule has 1 amide bonds. The molecule has 5 aromatic rings. The van der Waals surface area contributed by atoms with Crippen LogP contribution in [0.15, 0.2) is 97.1 Å². The second kappa shape index (κ2) is 8.99. The van der Waals surface area contributed by atoms with Crippen molar-refractivity contribution in [2.75, 3.05) is 5.32 Å². The molecule has 4 heteroatoms. The van der Waals surface area contributed by atoms with Crippen LogP contribution in [0.4, 0.5) is 5.69 Å². The van der Waals surface area contributed by atoms with Gasteiger partial charge in [-0.3, -0.25) is 4.79 Å². The molecule has 1 heterocycles. The summed E-state index contributed by atoms with van der Waals surface area (Å²) >= 11 is 0. The van der Waals surface area contributed by atoms with Gasteiger partial charge >= 0.3 is 0 Å². The van der Waals surface area contributed by atoms with E-state index in [1.165, 1.54) is 5.56 Å². The maximum absolute atomic E-state index is 13.2. The maximum atomic E-state index is 13.2. The van der Waals surface area contributed by atoms with E-state index >= 15 is 0 Å². The van der Waals surface area contributed by atoms with Gasteiger partial charge in [0, 0.05) is 11.3 Å². The fraction of sp³-hybridized carbons (Fsp3) is 0.133. The quantitative estimate of drug-likeness (QED) is 0.307. The van der Waals surface area contributed by atoms with E-state index in [1.54, 1.807) is 0 Å². The predicted octanol–water partition coefficient (Wildman–Crippen LogP) is 7.38. The number of aromatic nitrogens is 2. The van der Waals surface area contributed by atoms with Crippen molar-refractivity contribution < 1.29 is 4.79 Å². The molecule has 1 N–H and O–H groups in total. The van der Waals surface area contributed by atoms with Crippen LogP contribution in [0, 0.1) is 6.92 Å². The van der Waals surface area contributed by atoms with E-state index < -0.39 is 0 Å². The first-order valence-electron chi connectivity index (χ1n) is 11.6. The third-order valence-electron chi connectivity index (χ3n) is 6.19. The number of hydrogen-bond donors (Lipinski definition) is 1. The van der Waals surface area contributed by atoms with Crippen LogP contribution < -0.4 is 5.32 Å². The van der Waals surface area contributed by atoms with Crippen molar-refractivity contribution >= 4 is 22.4 Å². The van der Waals surface area contributed by atoms with Crippen LogP contribution in [0.1, 0.15) is 41.4 Å². The predicted molar refractivity (Wildman–Crippen MR) is 140 cm³/mol. The van der Waals surface area contributed by atoms with E-state index in [9.17, 15) is 4.79 Å². The third kappa shape index (κ3) is 4.11. The molecule has 168 valence electrons. The Labute approximate surface area is 199 Å². The molecule has 0 atom stereocenters. The Kier molecular flexibility index (Phi) is 5.72. The number of hydrogen-bond acceptors (Lipinski definition) is 2. The molecule has 0 saturated carbocycles. The van der Waals surface area contributed by atoms with Gasteiger partial charge < -0.3 is 5.32 Å². The van der Waals surface area contributed by atoms with Gasteiger partial charge in [-0.1, -0.05) is 86.6 Å². The Bertz CT molecular complexity index is 1470. The Hall–Kier alpha value is -4.18. The van der Waals surface area contributed by atoms with Crippen LogP contribution in [0.5, 0.6) is 0 Å². The first kappa shape index (κ1) is 21.7. The molecule has 0 radical (unpaired) electrons. The number of nitrogens with zero attached hydrogens (tertiary/aromatic N) is 2. The summed E-state index contributed by atoms with van der Waals surface area (Å²) in [4.78, 5) is 13.2. The molecule has 4 aromatic carbocycles. The number of anilines is 1. The number of fused-ring (bicyclic) bond motifs is 1. The number of amides is 1. The summed E-state index contributed by atoms with van der Waals surface area (Å²) < 4.78 is 1.88. The van der Waals surface area contributed by atoms with Gasteiger partial charge in [0.05, 0.1) is 11.4 Å². The van der Waals surface area contributed by atoms with Crippen LogP contribution in [-0.4, -0.2) is 15.7 Å². The minimum atomic E-state index is -0.230. The topological polar surface area (TPSA) is 46.9 Å². The van der Waals surface area contributed by atoms with Crippen molar-refractivity contribution in [2.45, 2.75) is 26.7 Å². The van der Waals surface area contributed by atoms with Crippen molar-refractivity contribution in [2.24, 2.45) is 0 Å². The summed E-state index contributed by atoms with van der Waals surface area (Å²) in [6.07, 6.45) is 0. The van der Waals surface area contributed by atoms with Gasteiger partial charge in [0.1, 0.15) is 0 Å². The van der Waals surface area contributed by atoms with Gasteiger partial charge in [0.2, 0.25) is 0 Å². The molecule has 0 aliphatic rings. The van der Waals surface area contributed by atoms with Crippen molar-refractivity contribution in [1.82, 2.24) is 9.78 Å². The highest BCUT2D eigenvalue weighted by molar-refractivity contribution is 6.04. The normalized spacial score (nSPS) is 11.2. The van der Waals surface area contributed by atoms with E-state index in [-0.39, 0.29) is 5.91 Å². The Morgan fingerprint density at radius 1 is 0.853 bits per heavy atom. The average molecular weight is 446 g/mol. The van der Waals surface area contributed by atoms with Gasteiger partial charge in [0.15, 0.2) is 5.69 Å². The molecule has 0 unspecified atom stereocenters. The lowest BCUT2D eigenvalue weighted by Gasteiger charge is -2.12. The molecule has 5 rings (SSSR count). The van der Waals surface area contributed by atoms with Gasteiger partial charge in [0.25, 0.3) is 5.91 Å². The minimum Gasteiger partial charge on any atom is -0.321 e. The largest absolute Gasteiger partial charge is 0.321 e. The molecular formula is C30H27N3O. The van der Waals surface area contributed by atoms with E-state index in [0.717, 1.165) is 39.0 Å². The number of para-hydroxylation sites is 1. The van der Waals surface area contributed by atoms with Crippen LogP contribution >= 0.6 is 0 Å². The molecule has 0 bridgehead atoms. The fourth-order valence-corrected chi connectivity index (χ4v) is 4.26. The molecular weight excluding hydrogens is 418 g/mol. The highest BCUT2D eigenvalue weighted by atomic mass is 16.1. The van der Waals surface area contributed by atoms with Crippen LogP contribution in [0.25, 0.3) is 27.7 Å². The lowest BCUT2D eigenvalue weighted by molar-refractivity contribution is 0.102. The lowest BCUT2D eigenvalue weighted by Crippen LogP contribution is -2.13. The van der Waals surface area contributed by atoms with Crippen molar-refractivity contribution in [1.29, 1.82) is 0 Å². The van der Waals surface area contributed by atoms with Crippen molar-refractivity contribution in [3.8, 4) is 16.9 Å². The van der Waals surface area contributed by atoms with Crippen LogP contribution in [0.3, 0.4) is 0 Å². The SMILES string of the molecule is Cc1ccccc1-n1nc(C(=O)Nc2ccc(C(C)C)cc2)cc1-c1cccc2ccccc12. The summed E-state index contributed by atoms with van der Waals surface area (Å²) in [7, 11) is 0. The molecule has 0 aliphatic heterocycles. The fourth-order valence-electron chi connectivity index (χ4n) is 4.26.